The number of rotatable bonds is 4. The Hall–Kier alpha value is -0.750. The van der Waals surface area contributed by atoms with Gasteiger partial charge in [0, 0.05) is 5.38 Å². The summed E-state index contributed by atoms with van der Waals surface area (Å²) in [5, 5.41) is -0.315. The molecule has 106 valence electrons. The molecular weight excluding hydrogens is 301 g/mol. The van der Waals surface area contributed by atoms with Crippen LogP contribution in [0.5, 0.6) is 0 Å². The maximum atomic E-state index is 12.6. The van der Waals surface area contributed by atoms with E-state index in [9.17, 15) is 21.6 Å². The van der Waals surface area contributed by atoms with Crippen molar-refractivity contribution in [3.8, 4) is 0 Å². The minimum Gasteiger partial charge on any atom is -0.214 e. The average molecular weight is 313 g/mol. The highest BCUT2D eigenvalue weighted by molar-refractivity contribution is 7.92. The Labute approximate surface area is 114 Å². The van der Waals surface area contributed by atoms with Crippen molar-refractivity contribution in [3.05, 3.63) is 29.8 Å². The van der Waals surface area contributed by atoms with E-state index in [-0.39, 0.29) is 23.3 Å². The molecular formula is C12H12ClF3O2S. The largest absolute Gasteiger partial charge is 0.501 e. The van der Waals surface area contributed by atoms with Gasteiger partial charge in [-0.05, 0) is 36.8 Å². The van der Waals surface area contributed by atoms with Gasteiger partial charge in [-0.2, -0.15) is 13.2 Å². The summed E-state index contributed by atoms with van der Waals surface area (Å²) in [7, 11) is -5.32. The number of hydrogen-bond acceptors (Lipinski definition) is 2. The van der Waals surface area contributed by atoms with Crippen LogP contribution in [0.15, 0.2) is 29.2 Å². The SMILES string of the molecule is O=S(=O)(c1ccccc1CC(Cl)C1CC1)C(F)(F)F. The molecule has 1 aromatic carbocycles. The summed E-state index contributed by atoms with van der Waals surface area (Å²) < 4.78 is 60.7. The quantitative estimate of drug-likeness (QED) is 0.797. The fourth-order valence-corrected chi connectivity index (χ4v) is 3.32. The van der Waals surface area contributed by atoms with Crippen molar-refractivity contribution in [2.24, 2.45) is 5.92 Å². The lowest BCUT2D eigenvalue weighted by Gasteiger charge is -2.14. The van der Waals surface area contributed by atoms with Gasteiger partial charge in [0.05, 0.1) is 4.90 Å². The fourth-order valence-electron chi connectivity index (χ4n) is 1.89. The Balaban J connectivity index is 2.36. The molecule has 7 heteroatoms. The maximum Gasteiger partial charge on any atom is 0.501 e. The van der Waals surface area contributed by atoms with Gasteiger partial charge in [-0.1, -0.05) is 18.2 Å². The first-order valence-electron chi connectivity index (χ1n) is 5.77. The van der Waals surface area contributed by atoms with Crippen molar-refractivity contribution in [1.82, 2.24) is 0 Å². The second kappa shape index (κ2) is 4.98. The highest BCUT2D eigenvalue weighted by Crippen LogP contribution is 2.39. The summed E-state index contributed by atoms with van der Waals surface area (Å²) >= 11 is 6.07. The minimum atomic E-state index is -5.32. The fraction of sp³-hybridized carbons (Fsp3) is 0.500. The zero-order valence-electron chi connectivity index (χ0n) is 9.82. The Morgan fingerprint density at radius 2 is 1.84 bits per heavy atom. The van der Waals surface area contributed by atoms with E-state index in [1.165, 1.54) is 18.2 Å². The molecule has 0 amide bonds. The molecule has 2 nitrogen and oxygen atoms in total. The molecule has 1 unspecified atom stereocenters. The van der Waals surface area contributed by atoms with E-state index in [0.29, 0.717) is 0 Å². The van der Waals surface area contributed by atoms with E-state index < -0.39 is 20.2 Å². The van der Waals surface area contributed by atoms with Gasteiger partial charge in [0.15, 0.2) is 0 Å². The Morgan fingerprint density at radius 3 is 2.37 bits per heavy atom. The van der Waals surface area contributed by atoms with Crippen molar-refractivity contribution >= 4 is 21.4 Å². The molecule has 1 aliphatic carbocycles. The summed E-state index contributed by atoms with van der Waals surface area (Å²) in [6, 6.07) is 5.16. The molecule has 1 atom stereocenters. The van der Waals surface area contributed by atoms with Crippen LogP contribution in [0.1, 0.15) is 18.4 Å². The van der Waals surface area contributed by atoms with Gasteiger partial charge in [-0.15, -0.1) is 11.6 Å². The number of benzene rings is 1. The van der Waals surface area contributed by atoms with Crippen LogP contribution in [0.4, 0.5) is 13.2 Å². The van der Waals surface area contributed by atoms with Gasteiger partial charge in [0.2, 0.25) is 0 Å². The molecule has 0 bridgehead atoms. The van der Waals surface area contributed by atoms with Gasteiger partial charge >= 0.3 is 5.51 Å². The zero-order valence-corrected chi connectivity index (χ0v) is 11.4. The van der Waals surface area contributed by atoms with Gasteiger partial charge < -0.3 is 0 Å². The number of alkyl halides is 4. The van der Waals surface area contributed by atoms with Crippen LogP contribution in [0, 0.1) is 5.92 Å². The average Bonchev–Trinajstić information content (AvgIpc) is 3.11. The van der Waals surface area contributed by atoms with E-state index in [1.54, 1.807) is 0 Å². The maximum absolute atomic E-state index is 12.6. The van der Waals surface area contributed by atoms with Crippen LogP contribution in [-0.2, 0) is 16.3 Å². The van der Waals surface area contributed by atoms with Crippen molar-refractivity contribution in [1.29, 1.82) is 0 Å². The predicted octanol–water partition coefficient (Wildman–Crippen LogP) is 3.54. The standard InChI is InChI=1S/C12H12ClF3O2S/c13-10(8-5-6-8)7-9-3-1-2-4-11(9)19(17,18)12(14,15)16/h1-4,8,10H,5-7H2. The van der Waals surface area contributed by atoms with Crippen LogP contribution >= 0.6 is 11.6 Å². The second-order valence-electron chi connectivity index (χ2n) is 4.61. The number of halogens is 4. The Morgan fingerprint density at radius 1 is 1.26 bits per heavy atom. The van der Waals surface area contributed by atoms with Crippen molar-refractivity contribution < 1.29 is 21.6 Å². The van der Waals surface area contributed by atoms with E-state index in [2.05, 4.69) is 0 Å². The van der Waals surface area contributed by atoms with Gasteiger partial charge in [0.25, 0.3) is 9.84 Å². The summed E-state index contributed by atoms with van der Waals surface area (Å²) in [4.78, 5) is -0.686. The smallest absolute Gasteiger partial charge is 0.214 e. The third-order valence-corrected chi connectivity index (χ3v) is 5.21. The highest BCUT2D eigenvalue weighted by atomic mass is 35.5. The lowest BCUT2D eigenvalue weighted by molar-refractivity contribution is -0.0436. The van der Waals surface area contributed by atoms with E-state index >= 15 is 0 Å². The van der Waals surface area contributed by atoms with Crippen molar-refractivity contribution in [2.45, 2.75) is 35.0 Å². The predicted molar refractivity (Wildman–Crippen MR) is 65.8 cm³/mol. The zero-order chi connectivity index (χ0) is 14.3. The molecule has 2 rings (SSSR count). The molecule has 0 spiro atoms. The van der Waals surface area contributed by atoms with E-state index in [1.807, 2.05) is 0 Å². The first-order chi connectivity index (χ1) is 8.73. The summed E-state index contributed by atoms with van der Waals surface area (Å²) in [6.07, 6.45) is 2.03. The van der Waals surface area contributed by atoms with Crippen LogP contribution < -0.4 is 0 Å². The first kappa shape index (κ1) is 14.7. The van der Waals surface area contributed by atoms with Gasteiger partial charge in [-0.3, -0.25) is 0 Å². The van der Waals surface area contributed by atoms with Crippen LogP contribution in [-0.4, -0.2) is 19.3 Å². The molecule has 0 heterocycles. The summed E-state index contributed by atoms with van der Waals surface area (Å²) in [6.45, 7) is 0. The molecule has 1 fully saturated rings. The highest BCUT2D eigenvalue weighted by Gasteiger charge is 2.48. The molecule has 1 aliphatic rings. The lowest BCUT2D eigenvalue weighted by atomic mass is 10.1. The molecule has 19 heavy (non-hydrogen) atoms. The molecule has 1 aromatic rings. The summed E-state index contributed by atoms with van der Waals surface area (Å²) in [5.41, 5.74) is -5.16. The second-order valence-corrected chi connectivity index (χ2v) is 7.08. The van der Waals surface area contributed by atoms with Crippen LogP contribution in [0.25, 0.3) is 0 Å². The van der Waals surface area contributed by atoms with Crippen molar-refractivity contribution in [2.75, 3.05) is 0 Å². The molecule has 1 saturated carbocycles. The Bertz CT molecular complexity index is 565. The molecule has 0 N–H and O–H groups in total. The van der Waals surface area contributed by atoms with Gasteiger partial charge in [-0.25, -0.2) is 8.42 Å². The van der Waals surface area contributed by atoms with Crippen molar-refractivity contribution in [3.63, 3.8) is 0 Å². The monoisotopic (exact) mass is 312 g/mol. The molecule has 0 radical (unpaired) electrons. The molecule has 0 aromatic heterocycles. The minimum absolute atomic E-state index is 0.131. The molecule has 0 aliphatic heterocycles. The van der Waals surface area contributed by atoms with Gasteiger partial charge in [0.1, 0.15) is 0 Å². The van der Waals surface area contributed by atoms with E-state index in [0.717, 1.165) is 18.9 Å². The lowest BCUT2D eigenvalue weighted by Crippen LogP contribution is -2.25. The summed E-state index contributed by atoms with van der Waals surface area (Å²) in [5.74, 6) is 0.281. The van der Waals surface area contributed by atoms with E-state index in [4.69, 9.17) is 11.6 Å². The number of hydrogen-bond donors (Lipinski definition) is 0. The normalized spacial score (nSPS) is 18.3. The topological polar surface area (TPSA) is 34.1 Å². The first-order valence-corrected chi connectivity index (χ1v) is 7.69. The third-order valence-electron chi connectivity index (χ3n) is 3.12. The Kier molecular flexibility index (Phi) is 3.84. The molecule has 0 saturated heterocycles. The van der Waals surface area contributed by atoms with Crippen LogP contribution in [0.3, 0.4) is 0 Å². The third kappa shape index (κ3) is 3.05. The number of sulfone groups is 1. The van der Waals surface area contributed by atoms with Crippen LogP contribution in [0.2, 0.25) is 0 Å².